The van der Waals surface area contributed by atoms with Gasteiger partial charge < -0.3 is 4.79 Å². The third-order valence-corrected chi connectivity index (χ3v) is 5.94. The molecule has 104 valence electrons. The predicted octanol–water partition coefficient (Wildman–Crippen LogP) is 1.02. The molecule has 0 aliphatic carbocycles. The number of rotatable bonds is 3. The van der Waals surface area contributed by atoms with Crippen molar-refractivity contribution in [1.29, 1.82) is 0 Å². The van der Waals surface area contributed by atoms with Gasteiger partial charge in [-0.15, -0.1) is 0 Å². The van der Waals surface area contributed by atoms with E-state index in [9.17, 15) is 13.2 Å². The fraction of sp³-hybridized carbons (Fsp3) is 0.917. The van der Waals surface area contributed by atoms with Gasteiger partial charge in [-0.05, 0) is 25.7 Å². The number of hydrogen-bond acceptors (Lipinski definition) is 3. The number of piperidine rings is 1. The van der Waals surface area contributed by atoms with Gasteiger partial charge in [0.1, 0.15) is 6.29 Å². The summed E-state index contributed by atoms with van der Waals surface area (Å²) in [6.07, 6.45) is 6.45. The highest BCUT2D eigenvalue weighted by Crippen LogP contribution is 2.22. The maximum atomic E-state index is 12.5. The van der Waals surface area contributed by atoms with Crippen LogP contribution < -0.4 is 0 Å². The van der Waals surface area contributed by atoms with Crippen molar-refractivity contribution in [3.05, 3.63) is 0 Å². The van der Waals surface area contributed by atoms with E-state index in [0.717, 1.165) is 32.0 Å². The predicted molar refractivity (Wildman–Crippen MR) is 69.3 cm³/mol. The van der Waals surface area contributed by atoms with Crippen molar-refractivity contribution in [1.82, 2.24) is 8.61 Å². The lowest BCUT2D eigenvalue weighted by atomic mass is 10.0. The summed E-state index contributed by atoms with van der Waals surface area (Å²) in [4.78, 5) is 10.7. The first-order chi connectivity index (χ1) is 8.64. The van der Waals surface area contributed by atoms with Crippen molar-refractivity contribution >= 4 is 16.5 Å². The Morgan fingerprint density at radius 3 is 1.83 bits per heavy atom. The molecule has 0 saturated carbocycles. The smallest absolute Gasteiger partial charge is 0.281 e. The molecule has 2 aliphatic rings. The van der Waals surface area contributed by atoms with E-state index < -0.39 is 10.2 Å². The zero-order valence-electron chi connectivity index (χ0n) is 10.8. The van der Waals surface area contributed by atoms with Crippen LogP contribution in [0.15, 0.2) is 0 Å². The Bertz CT molecular complexity index is 367. The third kappa shape index (κ3) is 3.10. The lowest BCUT2D eigenvalue weighted by molar-refractivity contribution is -0.112. The molecular weight excluding hydrogens is 252 g/mol. The monoisotopic (exact) mass is 274 g/mol. The van der Waals surface area contributed by atoms with Crippen LogP contribution in [0.2, 0.25) is 0 Å². The van der Waals surface area contributed by atoms with E-state index in [1.54, 1.807) is 8.61 Å². The molecule has 0 N–H and O–H groups in total. The van der Waals surface area contributed by atoms with Gasteiger partial charge in [0.15, 0.2) is 0 Å². The summed E-state index contributed by atoms with van der Waals surface area (Å²) in [5.41, 5.74) is 0. The minimum absolute atomic E-state index is 0.0422. The van der Waals surface area contributed by atoms with E-state index in [0.29, 0.717) is 39.0 Å². The minimum Gasteiger partial charge on any atom is -0.303 e. The summed E-state index contributed by atoms with van der Waals surface area (Å²) in [5.74, 6) is 0.0422. The average molecular weight is 274 g/mol. The van der Waals surface area contributed by atoms with Crippen LogP contribution >= 0.6 is 0 Å². The summed E-state index contributed by atoms with van der Waals surface area (Å²) in [5, 5.41) is 0. The van der Waals surface area contributed by atoms with Crippen molar-refractivity contribution in [2.75, 3.05) is 26.2 Å². The Hall–Kier alpha value is -0.460. The Labute approximate surface area is 109 Å². The SMILES string of the molecule is O=CC1CCN(S(=O)(=O)N2CCCCCC2)CC1. The van der Waals surface area contributed by atoms with Gasteiger partial charge in [0.25, 0.3) is 10.2 Å². The van der Waals surface area contributed by atoms with E-state index in [4.69, 9.17) is 0 Å². The quantitative estimate of drug-likeness (QED) is 0.722. The van der Waals surface area contributed by atoms with Gasteiger partial charge in [0.2, 0.25) is 0 Å². The molecule has 0 aromatic heterocycles. The zero-order valence-corrected chi connectivity index (χ0v) is 11.6. The first-order valence-corrected chi connectivity index (χ1v) is 8.25. The molecule has 0 amide bonds. The highest BCUT2D eigenvalue weighted by Gasteiger charge is 2.32. The van der Waals surface area contributed by atoms with Gasteiger partial charge in [-0.25, -0.2) is 0 Å². The second-order valence-corrected chi connectivity index (χ2v) is 7.12. The molecule has 0 bridgehead atoms. The molecule has 2 saturated heterocycles. The largest absolute Gasteiger partial charge is 0.303 e. The Kier molecular flexibility index (Phi) is 4.75. The number of carbonyl (C=O) groups excluding carboxylic acids is 1. The molecule has 2 heterocycles. The first kappa shape index (κ1) is 14.0. The Morgan fingerprint density at radius 2 is 1.33 bits per heavy atom. The van der Waals surface area contributed by atoms with Crippen LogP contribution in [0.25, 0.3) is 0 Å². The molecule has 0 spiro atoms. The zero-order chi connectivity index (χ0) is 13.0. The van der Waals surface area contributed by atoms with Crippen LogP contribution in [0.3, 0.4) is 0 Å². The third-order valence-electron chi connectivity index (χ3n) is 3.91. The maximum absolute atomic E-state index is 12.5. The molecule has 0 atom stereocenters. The van der Waals surface area contributed by atoms with Crippen molar-refractivity contribution in [2.24, 2.45) is 5.92 Å². The molecule has 0 aromatic carbocycles. The number of hydrogen-bond donors (Lipinski definition) is 0. The molecule has 5 nitrogen and oxygen atoms in total. The summed E-state index contributed by atoms with van der Waals surface area (Å²) in [6.45, 7) is 2.27. The van der Waals surface area contributed by atoms with Gasteiger partial charge in [-0.1, -0.05) is 12.8 Å². The molecule has 0 radical (unpaired) electrons. The lowest BCUT2D eigenvalue weighted by Crippen LogP contribution is -2.47. The summed E-state index contributed by atoms with van der Waals surface area (Å²) < 4.78 is 28.1. The van der Waals surface area contributed by atoms with E-state index in [-0.39, 0.29) is 5.92 Å². The van der Waals surface area contributed by atoms with E-state index in [1.165, 1.54) is 0 Å². The van der Waals surface area contributed by atoms with Crippen LogP contribution in [-0.4, -0.2) is 49.5 Å². The molecular formula is C12H22N2O3S. The first-order valence-electron chi connectivity index (χ1n) is 6.85. The second kappa shape index (κ2) is 6.12. The molecule has 2 rings (SSSR count). The maximum Gasteiger partial charge on any atom is 0.281 e. The van der Waals surface area contributed by atoms with E-state index in [1.807, 2.05) is 0 Å². The van der Waals surface area contributed by atoms with Gasteiger partial charge >= 0.3 is 0 Å². The minimum atomic E-state index is -3.29. The number of carbonyl (C=O) groups is 1. The lowest BCUT2D eigenvalue weighted by Gasteiger charge is -2.33. The topological polar surface area (TPSA) is 57.7 Å². The Morgan fingerprint density at radius 1 is 0.833 bits per heavy atom. The van der Waals surface area contributed by atoms with Gasteiger partial charge in [0, 0.05) is 32.1 Å². The van der Waals surface area contributed by atoms with Gasteiger partial charge in [-0.3, -0.25) is 0 Å². The second-order valence-electron chi connectivity index (χ2n) is 5.19. The number of nitrogens with zero attached hydrogens (tertiary/aromatic N) is 2. The van der Waals surface area contributed by atoms with Crippen LogP contribution in [0.4, 0.5) is 0 Å². The van der Waals surface area contributed by atoms with Crippen molar-refractivity contribution in [3.8, 4) is 0 Å². The molecule has 18 heavy (non-hydrogen) atoms. The summed E-state index contributed by atoms with van der Waals surface area (Å²) >= 11 is 0. The van der Waals surface area contributed by atoms with E-state index in [2.05, 4.69) is 0 Å². The summed E-state index contributed by atoms with van der Waals surface area (Å²) in [6, 6.07) is 0. The standard InChI is InChI=1S/C12H22N2O3S/c15-11-12-5-9-14(10-6-12)18(16,17)13-7-3-1-2-4-8-13/h11-12H,1-10H2. The highest BCUT2D eigenvalue weighted by atomic mass is 32.2. The number of aldehydes is 1. The molecule has 0 unspecified atom stereocenters. The molecule has 0 aromatic rings. The molecule has 2 fully saturated rings. The highest BCUT2D eigenvalue weighted by molar-refractivity contribution is 7.86. The van der Waals surface area contributed by atoms with Crippen LogP contribution in [0, 0.1) is 5.92 Å². The van der Waals surface area contributed by atoms with Gasteiger partial charge in [0.05, 0.1) is 0 Å². The normalized spacial score (nSPS) is 25.8. The van der Waals surface area contributed by atoms with Crippen LogP contribution in [0.5, 0.6) is 0 Å². The summed E-state index contributed by atoms with van der Waals surface area (Å²) in [7, 11) is -3.29. The molecule has 2 aliphatic heterocycles. The van der Waals surface area contributed by atoms with Crippen LogP contribution in [-0.2, 0) is 15.0 Å². The Balaban J connectivity index is 1.99. The van der Waals surface area contributed by atoms with Crippen molar-refractivity contribution in [3.63, 3.8) is 0 Å². The van der Waals surface area contributed by atoms with Crippen molar-refractivity contribution in [2.45, 2.75) is 38.5 Å². The van der Waals surface area contributed by atoms with Crippen LogP contribution in [0.1, 0.15) is 38.5 Å². The van der Waals surface area contributed by atoms with Gasteiger partial charge in [-0.2, -0.15) is 17.0 Å². The average Bonchev–Trinajstić information content (AvgIpc) is 2.68. The van der Waals surface area contributed by atoms with E-state index >= 15 is 0 Å². The molecule has 6 heteroatoms. The van der Waals surface area contributed by atoms with Crippen molar-refractivity contribution < 1.29 is 13.2 Å². The fourth-order valence-electron chi connectivity index (χ4n) is 2.68. The fourth-order valence-corrected chi connectivity index (χ4v) is 4.40.